The molecule has 1 rings (SSSR count). The molecule has 75 valence electrons. The Hall–Kier alpha value is 0.393. The minimum atomic E-state index is -3.57. The van der Waals surface area contributed by atoms with E-state index in [2.05, 4.69) is 45.8 Å². The molecular weight excluding hydrogens is 257 g/mol. The molecular formula is C10H20ClRu. The Labute approximate surface area is 76.3 Å². The maximum absolute atomic E-state index is 6.97. The van der Waals surface area contributed by atoms with Gasteiger partial charge in [0.2, 0.25) is 0 Å². The van der Waals surface area contributed by atoms with Crippen LogP contribution in [0.4, 0.5) is 0 Å². The second kappa shape index (κ2) is 1.53. The summed E-state index contributed by atoms with van der Waals surface area (Å²) in [4.78, 5) is 0. The van der Waals surface area contributed by atoms with Crippen molar-refractivity contribution in [1.29, 1.82) is 0 Å². The first kappa shape index (κ1) is 10.5. The van der Waals surface area contributed by atoms with Crippen LogP contribution in [0, 0.1) is 0 Å². The van der Waals surface area contributed by atoms with Crippen molar-refractivity contribution in [3.63, 3.8) is 0 Å². The molecule has 12 heavy (non-hydrogen) atoms. The van der Waals surface area contributed by atoms with Gasteiger partial charge >= 0.3 is 76.4 Å². The quantitative estimate of drug-likeness (QED) is 0.592. The van der Waals surface area contributed by atoms with Crippen LogP contribution in [0.25, 0.3) is 0 Å². The third kappa shape index (κ3) is 2.44. The van der Waals surface area contributed by atoms with E-state index in [1.165, 1.54) is 4.17 Å². The second-order valence-corrected chi connectivity index (χ2v) is 41.5. The summed E-state index contributed by atoms with van der Waals surface area (Å²) < 4.78 is 1.43. The summed E-state index contributed by atoms with van der Waals surface area (Å²) in [7, 11) is 3.39. The van der Waals surface area contributed by atoms with Gasteiger partial charge in [-0.1, -0.05) is 0 Å². The third-order valence-corrected chi connectivity index (χ3v) is 9.60. The van der Waals surface area contributed by atoms with E-state index in [0.29, 0.717) is 0 Å². The van der Waals surface area contributed by atoms with Crippen LogP contribution in [0.2, 0.25) is 27.6 Å². The molecule has 0 radical (unpaired) electrons. The second-order valence-electron chi connectivity index (χ2n) is 6.38. The van der Waals surface area contributed by atoms with E-state index in [9.17, 15) is 0 Å². The van der Waals surface area contributed by atoms with Gasteiger partial charge in [0.25, 0.3) is 0 Å². The Kier molecular flexibility index (Phi) is 1.33. The molecule has 0 saturated heterocycles. The zero-order valence-corrected chi connectivity index (χ0v) is 11.2. The number of hydrogen-bond donors (Lipinski definition) is 0. The van der Waals surface area contributed by atoms with Gasteiger partial charge in [0.1, 0.15) is 0 Å². The molecule has 2 heteroatoms. The van der Waals surface area contributed by atoms with Crippen molar-refractivity contribution >= 4 is 9.69 Å². The van der Waals surface area contributed by atoms with Gasteiger partial charge in [-0.2, -0.15) is 0 Å². The molecule has 0 fully saturated rings. The van der Waals surface area contributed by atoms with E-state index in [1.54, 1.807) is 0 Å². The van der Waals surface area contributed by atoms with Crippen LogP contribution in [-0.4, -0.2) is 0 Å². The third-order valence-electron chi connectivity index (χ3n) is 1.94. The molecule has 0 atom stereocenters. The fraction of sp³-hybridized carbons (Fsp3) is 0.600. The summed E-state index contributed by atoms with van der Waals surface area (Å²) in [5, 5.41) is 0. The van der Waals surface area contributed by atoms with Gasteiger partial charge in [0.15, 0.2) is 0 Å². The fourth-order valence-electron chi connectivity index (χ4n) is 1.12. The molecule has 0 N–H and O–H groups in total. The first-order valence-corrected chi connectivity index (χ1v) is 15.6. The first-order chi connectivity index (χ1) is 4.80. The predicted molar refractivity (Wildman–Crippen MR) is 57.0 cm³/mol. The van der Waals surface area contributed by atoms with Gasteiger partial charge in [-0.25, -0.2) is 0 Å². The van der Waals surface area contributed by atoms with Crippen molar-refractivity contribution in [3.05, 3.63) is 22.4 Å². The monoisotopic (exact) mass is 277 g/mol. The predicted octanol–water partition coefficient (Wildman–Crippen LogP) is 4.99. The van der Waals surface area contributed by atoms with Crippen LogP contribution in [0.3, 0.4) is 0 Å². The van der Waals surface area contributed by atoms with Crippen LogP contribution in [0.1, 0.15) is 6.42 Å². The van der Waals surface area contributed by atoms with E-state index >= 15 is 0 Å². The molecule has 0 nitrogen and oxygen atoms in total. The van der Waals surface area contributed by atoms with Crippen LogP contribution in [0.15, 0.2) is 22.4 Å². The normalized spacial score (nSPS) is 26.8. The molecule has 0 saturated carbocycles. The van der Waals surface area contributed by atoms with Gasteiger partial charge in [-0.3, -0.25) is 0 Å². The Morgan fingerprint density at radius 2 is 1.67 bits per heavy atom. The fourth-order valence-corrected chi connectivity index (χ4v) is 5.55. The molecule has 0 bridgehead atoms. The Morgan fingerprint density at radius 1 is 1.17 bits per heavy atom. The maximum atomic E-state index is 6.97. The number of hydrogen-bond acceptors (Lipinski definition) is 0. The van der Waals surface area contributed by atoms with Gasteiger partial charge in [0, 0.05) is 0 Å². The Bertz CT molecular complexity index is 285. The van der Waals surface area contributed by atoms with Crippen LogP contribution >= 0.6 is 9.69 Å². The molecule has 0 heterocycles. The SMILES string of the molecule is [CH3][Ru]([CH3])([CH3])([CH3])([CH3])([Cl])[C]1=CC=CC1. The van der Waals surface area contributed by atoms with Crippen molar-refractivity contribution < 1.29 is 10.3 Å². The van der Waals surface area contributed by atoms with Crippen LogP contribution < -0.4 is 0 Å². The molecule has 0 aromatic carbocycles. The summed E-state index contributed by atoms with van der Waals surface area (Å²) in [6.45, 7) is 0. The average molecular weight is 277 g/mol. The molecule has 1 aliphatic carbocycles. The van der Waals surface area contributed by atoms with E-state index in [-0.39, 0.29) is 0 Å². The van der Waals surface area contributed by atoms with E-state index in [1.807, 2.05) is 0 Å². The van der Waals surface area contributed by atoms with Crippen molar-refractivity contribution in [2.75, 3.05) is 0 Å². The zero-order chi connectivity index (χ0) is 9.78. The molecule has 0 spiro atoms. The molecule has 0 unspecified atom stereocenters. The summed E-state index contributed by atoms with van der Waals surface area (Å²) in [5.41, 5.74) is 11.3. The summed E-state index contributed by atoms with van der Waals surface area (Å²) in [6.07, 6.45) is 7.52. The van der Waals surface area contributed by atoms with E-state index in [4.69, 9.17) is 9.69 Å². The molecule has 0 amide bonds. The van der Waals surface area contributed by atoms with Gasteiger partial charge in [-0.15, -0.1) is 0 Å². The first-order valence-electron chi connectivity index (χ1n) is 3.80. The van der Waals surface area contributed by atoms with E-state index in [0.717, 1.165) is 6.42 Å². The number of allylic oxidation sites excluding steroid dienone is 4. The molecule has 0 aromatic heterocycles. The standard InChI is InChI=1S/C5H5.5CH3.ClH.Ru/c1-2-4-5-3-1;;;;;;;/h1-3H,4H2;5*1H3;1H;/q;;;;;;;+1/p-1. The minimum absolute atomic E-state index is 1.03. The number of rotatable bonds is 1. The zero-order valence-electron chi connectivity index (χ0n) is 8.67. The van der Waals surface area contributed by atoms with Gasteiger partial charge in [0.05, 0.1) is 0 Å². The Morgan fingerprint density at radius 3 is 1.83 bits per heavy atom. The Balaban J connectivity index is 3.37. The molecule has 0 aromatic rings. The molecule has 0 aliphatic heterocycles. The average Bonchev–Trinajstić information content (AvgIpc) is 1.99. The van der Waals surface area contributed by atoms with Gasteiger partial charge < -0.3 is 0 Å². The van der Waals surface area contributed by atoms with Crippen molar-refractivity contribution in [2.45, 2.75) is 34.0 Å². The van der Waals surface area contributed by atoms with Crippen LogP contribution in [-0.2, 0) is 10.3 Å². The van der Waals surface area contributed by atoms with E-state index < -0.39 is 10.3 Å². The summed E-state index contributed by atoms with van der Waals surface area (Å²) in [6, 6.07) is 0. The van der Waals surface area contributed by atoms with Crippen molar-refractivity contribution in [1.82, 2.24) is 0 Å². The van der Waals surface area contributed by atoms with Gasteiger partial charge in [-0.05, 0) is 0 Å². The summed E-state index contributed by atoms with van der Waals surface area (Å²) >= 11 is 0. The summed E-state index contributed by atoms with van der Waals surface area (Å²) in [5.74, 6) is 0. The van der Waals surface area contributed by atoms with Crippen molar-refractivity contribution in [3.8, 4) is 0 Å². The van der Waals surface area contributed by atoms with Crippen molar-refractivity contribution in [2.24, 2.45) is 0 Å². The number of halogens is 1. The topological polar surface area (TPSA) is 0 Å². The molecule has 1 aliphatic rings. The van der Waals surface area contributed by atoms with Crippen LogP contribution in [0.5, 0.6) is 0 Å².